The first-order valence-electron chi connectivity index (χ1n) is 6.78. The number of aliphatic imine (C=N–C) groups is 1. The minimum atomic E-state index is -4.95. The lowest BCUT2D eigenvalue weighted by Gasteiger charge is -2.20. The number of aliphatic hydroxyl groups is 1. The molecule has 0 radical (unpaired) electrons. The number of hydrogen-bond acceptors (Lipinski definition) is 5. The molecule has 0 spiro atoms. The van der Waals surface area contributed by atoms with Crippen molar-refractivity contribution in [2.24, 2.45) is 4.99 Å². The monoisotopic (exact) mass is 370 g/mol. The van der Waals surface area contributed by atoms with Crippen LogP contribution in [0.2, 0.25) is 0 Å². The fourth-order valence-corrected chi connectivity index (χ4v) is 1.92. The molecule has 1 heterocycles. The number of amides is 1. The molecule has 0 aromatic heterocycles. The van der Waals surface area contributed by atoms with E-state index in [0.717, 1.165) is 6.07 Å². The van der Waals surface area contributed by atoms with Gasteiger partial charge in [0.1, 0.15) is 12.4 Å². The number of hydrogen-bond donors (Lipinski definition) is 4. The zero-order valence-corrected chi connectivity index (χ0v) is 12.3. The highest BCUT2D eigenvalue weighted by atomic mass is 19.4. The molecule has 1 aliphatic rings. The first kappa shape index (κ1) is 18.8. The number of carbonyl (C=O) groups excluding carboxylic acids is 1. The Morgan fingerprint density at radius 3 is 2.40 bits per heavy atom. The maximum absolute atomic E-state index is 13.2. The number of carbonyl (C=O) groups is 1. The second-order valence-electron chi connectivity index (χ2n) is 5.03. The standard InChI is InChI=1S/C13H12F6N4O2/c14-12(15,16)7-3-6(11-21-5-10(25)22-23-11)1-2-8(7)20-4-9(24)13(17,18)19/h1-3,9,20,24H,4-5H2,(H,21,23)(H,22,25)/t9-/m0/s1. The Kier molecular flexibility index (Phi) is 5.11. The highest BCUT2D eigenvalue weighted by molar-refractivity contribution is 6.03. The van der Waals surface area contributed by atoms with Crippen LogP contribution in [0.1, 0.15) is 11.1 Å². The zero-order chi connectivity index (χ0) is 18.8. The molecule has 0 unspecified atom stereocenters. The minimum Gasteiger partial charge on any atom is -0.382 e. The molecule has 2 rings (SSSR count). The number of benzene rings is 1. The molecule has 0 aliphatic carbocycles. The second kappa shape index (κ2) is 6.78. The van der Waals surface area contributed by atoms with Gasteiger partial charge in [0.25, 0.3) is 5.91 Å². The van der Waals surface area contributed by atoms with Crippen molar-refractivity contribution < 1.29 is 36.2 Å². The number of nitrogens with one attached hydrogen (secondary N) is 3. The quantitative estimate of drug-likeness (QED) is 0.604. The van der Waals surface area contributed by atoms with Gasteiger partial charge < -0.3 is 10.4 Å². The van der Waals surface area contributed by atoms with Gasteiger partial charge in [0.15, 0.2) is 6.10 Å². The van der Waals surface area contributed by atoms with Crippen LogP contribution in [0.4, 0.5) is 32.0 Å². The first-order valence-corrected chi connectivity index (χ1v) is 6.78. The molecule has 25 heavy (non-hydrogen) atoms. The zero-order valence-electron chi connectivity index (χ0n) is 12.3. The summed E-state index contributed by atoms with van der Waals surface area (Å²) in [6.45, 7) is -1.41. The maximum Gasteiger partial charge on any atom is 0.418 e. The Hall–Kier alpha value is -2.50. The molecule has 0 bridgehead atoms. The van der Waals surface area contributed by atoms with Crippen molar-refractivity contribution in [3.8, 4) is 0 Å². The Labute approximate surface area is 136 Å². The van der Waals surface area contributed by atoms with Gasteiger partial charge in [-0.2, -0.15) is 26.3 Å². The molecule has 1 aromatic rings. The summed E-state index contributed by atoms with van der Waals surface area (Å²) in [4.78, 5) is 14.7. The van der Waals surface area contributed by atoms with Crippen molar-refractivity contribution in [2.45, 2.75) is 18.5 Å². The Morgan fingerprint density at radius 2 is 1.88 bits per heavy atom. The molecule has 4 N–H and O–H groups in total. The SMILES string of the molecule is O=C1CN=C(c2ccc(NC[C@H](O)C(F)(F)F)c(C(F)(F)F)c2)NN1. The van der Waals surface area contributed by atoms with Crippen molar-refractivity contribution in [1.29, 1.82) is 0 Å². The summed E-state index contributed by atoms with van der Waals surface area (Å²) in [6.07, 6.45) is -12.6. The van der Waals surface area contributed by atoms with Crippen LogP contribution in [0, 0.1) is 0 Å². The summed E-state index contributed by atoms with van der Waals surface area (Å²) in [5.74, 6) is -0.494. The molecule has 1 aromatic carbocycles. The number of amidine groups is 1. The number of anilines is 1. The van der Waals surface area contributed by atoms with Gasteiger partial charge >= 0.3 is 12.4 Å². The summed E-state index contributed by atoms with van der Waals surface area (Å²) in [6, 6.07) is 2.77. The molecule has 1 aliphatic heterocycles. The van der Waals surface area contributed by atoms with Gasteiger partial charge in [-0.05, 0) is 18.2 Å². The lowest BCUT2D eigenvalue weighted by Crippen LogP contribution is -2.47. The van der Waals surface area contributed by atoms with E-state index >= 15 is 0 Å². The fraction of sp³-hybridized carbons (Fsp3) is 0.385. The van der Waals surface area contributed by atoms with Crippen LogP contribution in [0.25, 0.3) is 0 Å². The molecule has 0 fully saturated rings. The van der Waals surface area contributed by atoms with Gasteiger partial charge in [0.05, 0.1) is 5.56 Å². The number of rotatable bonds is 4. The number of alkyl halides is 6. The number of halogens is 6. The van der Waals surface area contributed by atoms with E-state index in [1.807, 2.05) is 5.32 Å². The number of aliphatic hydroxyl groups excluding tert-OH is 1. The van der Waals surface area contributed by atoms with E-state index in [2.05, 4.69) is 15.8 Å². The van der Waals surface area contributed by atoms with E-state index in [1.54, 1.807) is 0 Å². The van der Waals surface area contributed by atoms with Crippen molar-refractivity contribution in [2.75, 3.05) is 18.4 Å². The average Bonchev–Trinajstić information content (AvgIpc) is 2.51. The smallest absolute Gasteiger partial charge is 0.382 e. The van der Waals surface area contributed by atoms with E-state index in [4.69, 9.17) is 5.11 Å². The Balaban J connectivity index is 2.27. The van der Waals surface area contributed by atoms with Crippen LogP contribution >= 0.6 is 0 Å². The molecule has 0 saturated carbocycles. The van der Waals surface area contributed by atoms with Gasteiger partial charge in [0.2, 0.25) is 0 Å². The molecule has 1 atom stereocenters. The highest BCUT2D eigenvalue weighted by Crippen LogP contribution is 2.36. The van der Waals surface area contributed by atoms with E-state index < -0.39 is 42.2 Å². The van der Waals surface area contributed by atoms with Crippen molar-refractivity contribution in [1.82, 2.24) is 10.9 Å². The summed E-state index contributed by atoms with van der Waals surface area (Å²) in [5, 5.41) is 10.8. The number of hydrazine groups is 1. The normalized spacial score (nSPS) is 16.6. The van der Waals surface area contributed by atoms with Crippen LogP contribution in [0.15, 0.2) is 23.2 Å². The highest BCUT2D eigenvalue weighted by Gasteiger charge is 2.39. The molecular weight excluding hydrogens is 358 g/mol. The van der Waals surface area contributed by atoms with Gasteiger partial charge in [0, 0.05) is 17.8 Å². The van der Waals surface area contributed by atoms with Crippen LogP contribution < -0.4 is 16.2 Å². The lowest BCUT2D eigenvalue weighted by molar-refractivity contribution is -0.198. The largest absolute Gasteiger partial charge is 0.418 e. The summed E-state index contributed by atoms with van der Waals surface area (Å²) in [5.41, 5.74) is 2.63. The molecule has 0 saturated heterocycles. The average molecular weight is 370 g/mol. The fourth-order valence-electron chi connectivity index (χ4n) is 1.92. The Morgan fingerprint density at radius 1 is 1.20 bits per heavy atom. The maximum atomic E-state index is 13.2. The van der Waals surface area contributed by atoms with E-state index in [-0.39, 0.29) is 17.9 Å². The van der Waals surface area contributed by atoms with Crippen LogP contribution in [-0.4, -0.2) is 42.2 Å². The minimum absolute atomic E-state index is 0.0192. The third-order valence-corrected chi connectivity index (χ3v) is 3.16. The molecule has 138 valence electrons. The second-order valence-corrected chi connectivity index (χ2v) is 5.03. The van der Waals surface area contributed by atoms with Crippen LogP contribution in [0.5, 0.6) is 0 Å². The molecule has 6 nitrogen and oxygen atoms in total. The lowest BCUT2D eigenvalue weighted by atomic mass is 10.1. The van der Waals surface area contributed by atoms with Gasteiger partial charge in [-0.15, -0.1) is 0 Å². The summed E-state index contributed by atoms with van der Waals surface area (Å²) in [7, 11) is 0. The summed E-state index contributed by atoms with van der Waals surface area (Å²) < 4.78 is 76.2. The third kappa shape index (κ3) is 4.75. The van der Waals surface area contributed by atoms with E-state index in [9.17, 15) is 31.1 Å². The van der Waals surface area contributed by atoms with Crippen molar-refractivity contribution in [3.63, 3.8) is 0 Å². The third-order valence-electron chi connectivity index (χ3n) is 3.16. The Bertz CT molecular complexity index is 686. The van der Waals surface area contributed by atoms with Gasteiger partial charge in [-0.25, -0.2) is 0 Å². The van der Waals surface area contributed by atoms with E-state index in [1.165, 1.54) is 6.07 Å². The topological polar surface area (TPSA) is 85.8 Å². The number of nitrogens with zero attached hydrogens (tertiary/aromatic N) is 1. The molecule has 12 heteroatoms. The predicted molar refractivity (Wildman–Crippen MR) is 74.7 cm³/mol. The van der Waals surface area contributed by atoms with Gasteiger partial charge in [-0.1, -0.05) is 0 Å². The van der Waals surface area contributed by atoms with Crippen LogP contribution in [-0.2, 0) is 11.0 Å². The van der Waals surface area contributed by atoms with Crippen molar-refractivity contribution >= 4 is 17.4 Å². The molecule has 1 amide bonds. The summed E-state index contributed by atoms with van der Waals surface area (Å²) >= 11 is 0. The predicted octanol–water partition coefficient (Wildman–Crippen LogP) is 1.42. The van der Waals surface area contributed by atoms with Gasteiger partial charge in [-0.3, -0.25) is 20.6 Å². The van der Waals surface area contributed by atoms with E-state index in [0.29, 0.717) is 6.07 Å². The van der Waals surface area contributed by atoms with Crippen LogP contribution in [0.3, 0.4) is 0 Å². The van der Waals surface area contributed by atoms with Crippen molar-refractivity contribution in [3.05, 3.63) is 29.3 Å². The molecular formula is C13H12F6N4O2. The first-order chi connectivity index (χ1) is 11.5.